The monoisotopic (exact) mass is 411 g/mol. The van der Waals surface area contributed by atoms with Crippen LogP contribution in [0, 0.1) is 2.88 Å². The highest BCUT2D eigenvalue weighted by molar-refractivity contribution is 14.1. The van der Waals surface area contributed by atoms with Gasteiger partial charge in [0, 0.05) is 10.6 Å². The van der Waals surface area contributed by atoms with Crippen molar-refractivity contribution in [3.8, 4) is 0 Å². The molecule has 1 nitrogen and oxygen atoms in total. The molecule has 0 fully saturated rings. The first kappa shape index (κ1) is 15.3. The lowest BCUT2D eigenvalue weighted by Gasteiger charge is -2.25. The Morgan fingerprint density at radius 2 is 1.90 bits per heavy atom. The lowest BCUT2D eigenvalue weighted by Crippen LogP contribution is -2.16. The van der Waals surface area contributed by atoms with Gasteiger partial charge in [-0.15, -0.1) is 11.3 Å². The molecule has 1 aromatic heterocycles. The van der Waals surface area contributed by atoms with Crippen LogP contribution in [0.4, 0.5) is 5.69 Å². The molecule has 2 aromatic rings. The third-order valence-electron chi connectivity index (χ3n) is 4.18. The van der Waals surface area contributed by atoms with Crippen molar-refractivity contribution in [3.63, 3.8) is 0 Å². The molecule has 1 heterocycles. The Morgan fingerprint density at radius 1 is 1.19 bits per heavy atom. The molecule has 0 amide bonds. The van der Waals surface area contributed by atoms with E-state index in [1.54, 1.807) is 4.88 Å². The standard InChI is InChI=1S/C18H22INS/c1-18(2,3)12-7-9-13(10-8-12)20-15-5-4-6-16-14(15)11-17(19)21-16/h7-11,15,20H,4-6H2,1-3H3. The van der Waals surface area contributed by atoms with E-state index >= 15 is 0 Å². The van der Waals surface area contributed by atoms with Crippen LogP contribution in [0.5, 0.6) is 0 Å². The Labute approximate surface area is 145 Å². The molecule has 3 heteroatoms. The van der Waals surface area contributed by atoms with E-state index in [0.717, 1.165) is 0 Å². The Bertz CT molecular complexity index is 622. The van der Waals surface area contributed by atoms with Crippen LogP contribution in [-0.2, 0) is 11.8 Å². The summed E-state index contributed by atoms with van der Waals surface area (Å²) in [5.74, 6) is 0. The predicted octanol–water partition coefficient (Wildman–Crippen LogP) is 6.14. The summed E-state index contributed by atoms with van der Waals surface area (Å²) in [6, 6.07) is 11.8. The van der Waals surface area contributed by atoms with Crippen molar-refractivity contribution in [2.75, 3.05) is 5.32 Å². The molecule has 0 spiro atoms. The van der Waals surface area contributed by atoms with Crippen molar-refractivity contribution in [2.24, 2.45) is 0 Å². The molecular formula is C18H22INS. The number of thiophene rings is 1. The van der Waals surface area contributed by atoms with Crippen LogP contribution < -0.4 is 5.32 Å². The van der Waals surface area contributed by atoms with Gasteiger partial charge in [0.05, 0.1) is 8.93 Å². The van der Waals surface area contributed by atoms with Gasteiger partial charge in [0.2, 0.25) is 0 Å². The molecular weight excluding hydrogens is 389 g/mol. The third kappa shape index (κ3) is 3.45. The van der Waals surface area contributed by atoms with Gasteiger partial charge in [0.15, 0.2) is 0 Å². The van der Waals surface area contributed by atoms with Crippen LogP contribution in [0.1, 0.15) is 55.7 Å². The Balaban J connectivity index is 1.78. The fraction of sp³-hybridized carbons (Fsp3) is 0.444. The topological polar surface area (TPSA) is 12.0 Å². The van der Waals surface area contributed by atoms with Crippen LogP contribution >= 0.6 is 33.9 Å². The Hall–Kier alpha value is -0.550. The molecule has 1 aliphatic carbocycles. The summed E-state index contributed by atoms with van der Waals surface area (Å²) in [4.78, 5) is 1.58. The normalized spacial score (nSPS) is 18.4. The van der Waals surface area contributed by atoms with Gasteiger partial charge in [-0.25, -0.2) is 0 Å². The number of aryl methyl sites for hydroxylation is 1. The van der Waals surface area contributed by atoms with Gasteiger partial charge in [-0.2, -0.15) is 0 Å². The van der Waals surface area contributed by atoms with Crippen LogP contribution in [0.25, 0.3) is 0 Å². The van der Waals surface area contributed by atoms with Gasteiger partial charge in [0.25, 0.3) is 0 Å². The average molecular weight is 411 g/mol. The molecule has 1 aliphatic rings. The van der Waals surface area contributed by atoms with E-state index in [9.17, 15) is 0 Å². The molecule has 0 saturated heterocycles. The average Bonchev–Trinajstić information content (AvgIpc) is 2.80. The summed E-state index contributed by atoms with van der Waals surface area (Å²) in [6.45, 7) is 6.78. The number of hydrogen-bond donors (Lipinski definition) is 1. The van der Waals surface area contributed by atoms with E-state index in [1.165, 1.54) is 39.0 Å². The van der Waals surface area contributed by atoms with E-state index in [0.29, 0.717) is 6.04 Å². The molecule has 3 rings (SSSR count). The number of halogens is 1. The Morgan fingerprint density at radius 3 is 2.57 bits per heavy atom. The van der Waals surface area contributed by atoms with E-state index in [2.05, 4.69) is 79.0 Å². The predicted molar refractivity (Wildman–Crippen MR) is 101 cm³/mol. The second-order valence-electron chi connectivity index (χ2n) is 6.85. The van der Waals surface area contributed by atoms with Gasteiger partial charge in [-0.1, -0.05) is 32.9 Å². The van der Waals surface area contributed by atoms with Crippen molar-refractivity contribution >= 4 is 39.6 Å². The molecule has 0 radical (unpaired) electrons. The largest absolute Gasteiger partial charge is 0.378 e. The minimum atomic E-state index is 0.222. The van der Waals surface area contributed by atoms with Gasteiger partial charge < -0.3 is 5.32 Å². The first-order valence-electron chi connectivity index (χ1n) is 7.59. The van der Waals surface area contributed by atoms with Crippen molar-refractivity contribution in [1.29, 1.82) is 0 Å². The number of fused-ring (bicyclic) bond motifs is 1. The SMILES string of the molecule is CC(C)(C)c1ccc(NC2CCCc3sc(I)cc32)cc1. The van der Waals surface area contributed by atoms with Crippen LogP contribution in [0.2, 0.25) is 0 Å². The molecule has 1 N–H and O–H groups in total. The molecule has 1 aromatic carbocycles. The first-order chi connectivity index (χ1) is 9.93. The van der Waals surface area contributed by atoms with Gasteiger partial charge in [0.1, 0.15) is 0 Å². The zero-order valence-corrected chi connectivity index (χ0v) is 15.8. The van der Waals surface area contributed by atoms with Crippen molar-refractivity contribution in [2.45, 2.75) is 51.5 Å². The first-order valence-corrected chi connectivity index (χ1v) is 9.48. The summed E-state index contributed by atoms with van der Waals surface area (Å²) in [7, 11) is 0. The highest BCUT2D eigenvalue weighted by Crippen LogP contribution is 2.38. The minimum Gasteiger partial charge on any atom is -0.378 e. The lowest BCUT2D eigenvalue weighted by molar-refractivity contribution is 0.589. The molecule has 1 atom stereocenters. The van der Waals surface area contributed by atoms with Gasteiger partial charge >= 0.3 is 0 Å². The molecule has 112 valence electrons. The van der Waals surface area contributed by atoms with Crippen molar-refractivity contribution in [1.82, 2.24) is 0 Å². The van der Waals surface area contributed by atoms with Gasteiger partial charge in [-0.05, 0) is 76.6 Å². The maximum absolute atomic E-state index is 3.73. The van der Waals surface area contributed by atoms with E-state index in [4.69, 9.17) is 0 Å². The molecule has 0 saturated carbocycles. The van der Waals surface area contributed by atoms with Crippen LogP contribution in [0.3, 0.4) is 0 Å². The molecule has 1 unspecified atom stereocenters. The maximum atomic E-state index is 3.73. The quantitative estimate of drug-likeness (QED) is 0.586. The zero-order valence-electron chi connectivity index (χ0n) is 12.9. The fourth-order valence-electron chi connectivity index (χ4n) is 2.94. The highest BCUT2D eigenvalue weighted by Gasteiger charge is 2.22. The van der Waals surface area contributed by atoms with Gasteiger partial charge in [-0.3, -0.25) is 0 Å². The van der Waals surface area contributed by atoms with E-state index in [-0.39, 0.29) is 5.41 Å². The number of nitrogens with one attached hydrogen (secondary N) is 1. The Kier molecular flexibility index (Phi) is 4.33. The van der Waals surface area contributed by atoms with Crippen molar-refractivity contribution in [3.05, 3.63) is 49.2 Å². The molecule has 0 bridgehead atoms. The minimum absolute atomic E-state index is 0.222. The highest BCUT2D eigenvalue weighted by atomic mass is 127. The second-order valence-corrected chi connectivity index (χ2v) is 9.88. The zero-order chi connectivity index (χ0) is 15.0. The van der Waals surface area contributed by atoms with E-state index < -0.39 is 0 Å². The van der Waals surface area contributed by atoms with E-state index in [1.807, 2.05) is 11.3 Å². The fourth-order valence-corrected chi connectivity index (χ4v) is 5.06. The second kappa shape index (κ2) is 5.92. The lowest BCUT2D eigenvalue weighted by atomic mass is 9.87. The summed E-state index contributed by atoms with van der Waals surface area (Å²) in [5.41, 5.74) is 4.38. The maximum Gasteiger partial charge on any atom is 0.0660 e. The summed E-state index contributed by atoms with van der Waals surface area (Å²) >= 11 is 4.40. The molecule has 0 aliphatic heterocycles. The van der Waals surface area contributed by atoms with Crippen LogP contribution in [-0.4, -0.2) is 0 Å². The molecule has 21 heavy (non-hydrogen) atoms. The summed E-state index contributed by atoms with van der Waals surface area (Å²) in [6.07, 6.45) is 3.78. The third-order valence-corrected chi connectivity index (χ3v) is 6.15. The summed E-state index contributed by atoms with van der Waals surface area (Å²) < 4.78 is 1.41. The van der Waals surface area contributed by atoms with Crippen molar-refractivity contribution < 1.29 is 0 Å². The number of anilines is 1. The smallest absolute Gasteiger partial charge is 0.0660 e. The van der Waals surface area contributed by atoms with Crippen LogP contribution in [0.15, 0.2) is 30.3 Å². The number of benzene rings is 1. The number of hydrogen-bond acceptors (Lipinski definition) is 2. The summed E-state index contributed by atoms with van der Waals surface area (Å²) in [5, 5.41) is 3.73. The number of rotatable bonds is 2.